The van der Waals surface area contributed by atoms with Crippen molar-refractivity contribution in [2.75, 3.05) is 16.8 Å². The smallest absolute Gasteiger partial charge is 0.412 e. The lowest BCUT2D eigenvalue weighted by molar-refractivity contribution is -0.126. The highest BCUT2D eigenvalue weighted by molar-refractivity contribution is 6.00. The van der Waals surface area contributed by atoms with Crippen molar-refractivity contribution in [3.8, 4) is 0 Å². The standard InChI is InChI=1S/C24H28N2O5/c1-16(21(27)26-14-8-11-17-9-5-6-13-20(17)26)30-22(28)18-10-7-12-19(15-18)25-23(29)31-24(2,3)4/h5-7,9-10,12-13,15-16H,8,11,14H2,1-4H3,(H,25,29)/t16-/m1/s1. The number of hydrogen-bond acceptors (Lipinski definition) is 5. The zero-order chi connectivity index (χ0) is 22.6. The molecule has 1 aliphatic heterocycles. The third-order valence-corrected chi connectivity index (χ3v) is 4.75. The lowest BCUT2D eigenvalue weighted by atomic mass is 10.0. The number of esters is 1. The summed E-state index contributed by atoms with van der Waals surface area (Å²) in [6.07, 6.45) is 0.222. The number of fused-ring (bicyclic) bond motifs is 1. The molecule has 2 amide bonds. The van der Waals surface area contributed by atoms with Gasteiger partial charge in [-0.05, 0) is 70.4 Å². The molecule has 0 aromatic heterocycles. The zero-order valence-corrected chi connectivity index (χ0v) is 18.3. The monoisotopic (exact) mass is 424 g/mol. The number of anilines is 2. The minimum absolute atomic E-state index is 0.229. The molecule has 31 heavy (non-hydrogen) atoms. The van der Waals surface area contributed by atoms with Crippen molar-refractivity contribution in [3.05, 3.63) is 59.7 Å². The van der Waals surface area contributed by atoms with Gasteiger partial charge in [0, 0.05) is 17.9 Å². The van der Waals surface area contributed by atoms with Crippen LogP contribution in [0.4, 0.5) is 16.2 Å². The van der Waals surface area contributed by atoms with E-state index in [4.69, 9.17) is 9.47 Å². The van der Waals surface area contributed by atoms with E-state index in [1.54, 1.807) is 50.8 Å². The van der Waals surface area contributed by atoms with Gasteiger partial charge in [0.25, 0.3) is 5.91 Å². The second-order valence-corrected chi connectivity index (χ2v) is 8.48. The fourth-order valence-corrected chi connectivity index (χ4v) is 3.41. The Morgan fingerprint density at radius 1 is 1.06 bits per heavy atom. The van der Waals surface area contributed by atoms with E-state index >= 15 is 0 Å². The van der Waals surface area contributed by atoms with Crippen LogP contribution in [-0.4, -0.2) is 36.2 Å². The molecule has 164 valence electrons. The third-order valence-electron chi connectivity index (χ3n) is 4.75. The molecular weight excluding hydrogens is 396 g/mol. The minimum Gasteiger partial charge on any atom is -0.449 e. The predicted molar refractivity (Wildman–Crippen MR) is 118 cm³/mol. The van der Waals surface area contributed by atoms with Crippen molar-refractivity contribution in [2.24, 2.45) is 0 Å². The van der Waals surface area contributed by atoms with Crippen LogP contribution in [-0.2, 0) is 20.7 Å². The molecular formula is C24H28N2O5. The first kappa shape index (κ1) is 22.3. The van der Waals surface area contributed by atoms with Gasteiger partial charge in [0.1, 0.15) is 5.60 Å². The van der Waals surface area contributed by atoms with Gasteiger partial charge in [-0.25, -0.2) is 9.59 Å². The van der Waals surface area contributed by atoms with E-state index in [0.717, 1.165) is 24.1 Å². The van der Waals surface area contributed by atoms with Crippen molar-refractivity contribution < 1.29 is 23.9 Å². The molecule has 1 N–H and O–H groups in total. The van der Waals surface area contributed by atoms with Crippen LogP contribution in [0.2, 0.25) is 0 Å². The van der Waals surface area contributed by atoms with Crippen LogP contribution in [0.15, 0.2) is 48.5 Å². The molecule has 2 aromatic rings. The number of nitrogens with zero attached hydrogens (tertiary/aromatic N) is 1. The van der Waals surface area contributed by atoms with E-state index in [2.05, 4.69) is 5.32 Å². The summed E-state index contributed by atoms with van der Waals surface area (Å²) in [5.74, 6) is -0.900. The van der Waals surface area contributed by atoms with Crippen LogP contribution in [0, 0.1) is 0 Å². The molecule has 0 bridgehead atoms. The van der Waals surface area contributed by atoms with Crippen molar-refractivity contribution in [1.29, 1.82) is 0 Å². The Kier molecular flexibility index (Phi) is 6.63. The van der Waals surface area contributed by atoms with E-state index in [9.17, 15) is 14.4 Å². The molecule has 0 radical (unpaired) electrons. The average Bonchev–Trinajstić information content (AvgIpc) is 2.71. The number of rotatable bonds is 4. The first-order chi connectivity index (χ1) is 14.6. The number of benzene rings is 2. The van der Waals surface area contributed by atoms with E-state index in [-0.39, 0.29) is 11.5 Å². The normalized spacial score (nSPS) is 14.3. The van der Waals surface area contributed by atoms with Crippen molar-refractivity contribution >= 4 is 29.3 Å². The maximum absolute atomic E-state index is 12.9. The molecule has 0 fully saturated rings. The van der Waals surface area contributed by atoms with E-state index in [0.29, 0.717) is 12.2 Å². The van der Waals surface area contributed by atoms with Crippen molar-refractivity contribution in [1.82, 2.24) is 0 Å². The van der Waals surface area contributed by atoms with Gasteiger partial charge in [-0.2, -0.15) is 0 Å². The van der Waals surface area contributed by atoms with Gasteiger partial charge >= 0.3 is 12.1 Å². The first-order valence-corrected chi connectivity index (χ1v) is 10.3. The summed E-state index contributed by atoms with van der Waals surface area (Å²) in [6, 6.07) is 14.1. The van der Waals surface area contributed by atoms with Crippen molar-refractivity contribution in [2.45, 2.75) is 52.2 Å². The Balaban J connectivity index is 1.65. The summed E-state index contributed by atoms with van der Waals surface area (Å²) >= 11 is 0. The summed E-state index contributed by atoms with van der Waals surface area (Å²) in [5.41, 5.74) is 1.97. The third kappa shape index (κ3) is 5.84. The highest BCUT2D eigenvalue weighted by atomic mass is 16.6. The van der Waals surface area contributed by atoms with Crippen LogP contribution in [0.3, 0.4) is 0 Å². The Hall–Kier alpha value is -3.35. The molecule has 7 nitrogen and oxygen atoms in total. The maximum Gasteiger partial charge on any atom is 0.412 e. The maximum atomic E-state index is 12.9. The van der Waals surface area contributed by atoms with Gasteiger partial charge in [0.15, 0.2) is 6.10 Å². The molecule has 0 saturated heterocycles. The zero-order valence-electron chi connectivity index (χ0n) is 18.3. The number of carbonyl (C=O) groups excluding carboxylic acids is 3. The number of amides is 2. The molecule has 1 atom stereocenters. The van der Waals surface area contributed by atoms with Gasteiger partial charge < -0.3 is 14.4 Å². The SMILES string of the molecule is C[C@@H](OC(=O)c1cccc(NC(=O)OC(C)(C)C)c1)C(=O)N1CCCc2ccccc21. The molecule has 7 heteroatoms. The summed E-state index contributed by atoms with van der Waals surface area (Å²) in [4.78, 5) is 39.2. The van der Waals surface area contributed by atoms with Crippen LogP contribution >= 0.6 is 0 Å². The highest BCUT2D eigenvalue weighted by Crippen LogP contribution is 2.27. The topological polar surface area (TPSA) is 84.9 Å². The molecule has 1 aliphatic rings. The molecule has 0 aliphatic carbocycles. The summed E-state index contributed by atoms with van der Waals surface area (Å²) in [5, 5.41) is 2.59. The quantitative estimate of drug-likeness (QED) is 0.728. The molecule has 2 aromatic carbocycles. The first-order valence-electron chi connectivity index (χ1n) is 10.3. The number of para-hydroxylation sites is 1. The fourth-order valence-electron chi connectivity index (χ4n) is 3.41. The minimum atomic E-state index is -0.943. The molecule has 1 heterocycles. The van der Waals surface area contributed by atoms with Crippen LogP contribution in [0.25, 0.3) is 0 Å². The molecule has 0 unspecified atom stereocenters. The van der Waals surface area contributed by atoms with Crippen LogP contribution in [0.5, 0.6) is 0 Å². The van der Waals surface area contributed by atoms with Gasteiger partial charge in [-0.1, -0.05) is 24.3 Å². The second kappa shape index (κ2) is 9.20. The fraction of sp³-hybridized carbons (Fsp3) is 0.375. The van der Waals surface area contributed by atoms with Gasteiger partial charge in [-0.3, -0.25) is 10.1 Å². The van der Waals surface area contributed by atoms with E-state index in [1.807, 2.05) is 24.3 Å². The van der Waals surface area contributed by atoms with Gasteiger partial charge in [0.05, 0.1) is 5.56 Å². The summed E-state index contributed by atoms with van der Waals surface area (Å²) in [7, 11) is 0. The Morgan fingerprint density at radius 2 is 1.81 bits per heavy atom. The number of carbonyl (C=O) groups is 3. The average molecular weight is 424 g/mol. The number of hydrogen-bond donors (Lipinski definition) is 1. The van der Waals surface area contributed by atoms with Crippen molar-refractivity contribution in [3.63, 3.8) is 0 Å². The van der Waals surface area contributed by atoms with Gasteiger partial charge in [0.2, 0.25) is 0 Å². The number of ether oxygens (including phenoxy) is 2. The summed E-state index contributed by atoms with van der Waals surface area (Å²) < 4.78 is 10.7. The molecule has 0 saturated carbocycles. The lowest BCUT2D eigenvalue weighted by Crippen LogP contribution is -2.42. The van der Waals surface area contributed by atoms with Crippen LogP contribution < -0.4 is 10.2 Å². The second-order valence-electron chi connectivity index (χ2n) is 8.48. The number of aryl methyl sites for hydroxylation is 1. The largest absolute Gasteiger partial charge is 0.449 e. The van der Waals surface area contributed by atoms with E-state index in [1.165, 1.54) is 6.07 Å². The number of nitrogens with one attached hydrogen (secondary N) is 1. The predicted octanol–water partition coefficient (Wildman–Crippen LogP) is 4.56. The lowest BCUT2D eigenvalue weighted by Gasteiger charge is -2.31. The summed E-state index contributed by atoms with van der Waals surface area (Å²) in [6.45, 7) is 7.45. The Bertz CT molecular complexity index is 980. The molecule has 3 rings (SSSR count). The highest BCUT2D eigenvalue weighted by Gasteiger charge is 2.28. The van der Waals surface area contributed by atoms with Gasteiger partial charge in [-0.15, -0.1) is 0 Å². The Morgan fingerprint density at radius 3 is 2.55 bits per heavy atom. The molecule has 0 spiro atoms. The van der Waals surface area contributed by atoms with E-state index < -0.39 is 23.8 Å². The Labute approximate surface area is 182 Å². The van der Waals surface area contributed by atoms with Crippen LogP contribution in [0.1, 0.15) is 50.0 Å².